The van der Waals surface area contributed by atoms with Gasteiger partial charge >= 0.3 is 6.36 Å². The van der Waals surface area contributed by atoms with Crippen molar-refractivity contribution in [2.24, 2.45) is 0 Å². The first-order valence-electron chi connectivity index (χ1n) is 7.20. The van der Waals surface area contributed by atoms with E-state index < -0.39 is 18.0 Å². The number of nitrogens with one attached hydrogen (secondary N) is 1. The Labute approximate surface area is 137 Å². The lowest BCUT2D eigenvalue weighted by molar-refractivity contribution is -0.274. The van der Waals surface area contributed by atoms with Crippen LogP contribution < -0.4 is 10.1 Å². The van der Waals surface area contributed by atoms with E-state index in [0.29, 0.717) is 0 Å². The quantitative estimate of drug-likeness (QED) is 0.914. The molecule has 8 heteroatoms. The Hall–Kier alpha value is -2.51. The molecule has 0 spiro atoms. The fraction of sp³-hybridized carbons (Fsp3) is 0.375. The summed E-state index contributed by atoms with van der Waals surface area (Å²) in [4.78, 5) is 12.3. The molecule has 1 aromatic heterocycles. The molecule has 0 atom stereocenters. The number of amides is 1. The molecule has 0 bridgehead atoms. The number of benzene rings is 1. The van der Waals surface area contributed by atoms with Gasteiger partial charge in [-0.15, -0.1) is 13.2 Å². The van der Waals surface area contributed by atoms with Crippen LogP contribution in [0.4, 0.5) is 18.9 Å². The van der Waals surface area contributed by atoms with Crippen LogP contribution >= 0.6 is 0 Å². The molecule has 0 fully saturated rings. The number of alkyl halides is 3. The number of aromatic nitrogens is 2. The SMILES string of the molecule is Cc1cc(C(=O)Nc2cccc(OC(F)(F)F)c2)nn1C(C)(C)C. The van der Waals surface area contributed by atoms with Crippen molar-refractivity contribution in [3.8, 4) is 5.75 Å². The molecule has 2 rings (SSSR count). The summed E-state index contributed by atoms with van der Waals surface area (Å²) in [5, 5.41) is 6.77. The summed E-state index contributed by atoms with van der Waals surface area (Å²) in [6.45, 7) is 7.68. The van der Waals surface area contributed by atoms with Crippen LogP contribution in [-0.2, 0) is 5.54 Å². The first kappa shape index (κ1) is 17.8. The fourth-order valence-corrected chi connectivity index (χ4v) is 2.23. The maximum absolute atomic E-state index is 12.3. The van der Waals surface area contributed by atoms with Crippen LogP contribution in [0.5, 0.6) is 5.75 Å². The summed E-state index contributed by atoms with van der Waals surface area (Å²) in [5.41, 5.74) is 0.888. The number of rotatable bonds is 3. The summed E-state index contributed by atoms with van der Waals surface area (Å²) in [5.74, 6) is -0.915. The molecule has 1 N–H and O–H groups in total. The van der Waals surface area contributed by atoms with Crippen molar-refractivity contribution >= 4 is 11.6 Å². The highest BCUT2D eigenvalue weighted by Crippen LogP contribution is 2.25. The van der Waals surface area contributed by atoms with Crippen LogP contribution in [0.15, 0.2) is 30.3 Å². The smallest absolute Gasteiger partial charge is 0.406 e. The van der Waals surface area contributed by atoms with E-state index in [1.807, 2.05) is 27.7 Å². The molecule has 5 nitrogen and oxygen atoms in total. The van der Waals surface area contributed by atoms with Gasteiger partial charge in [0.25, 0.3) is 5.91 Å². The van der Waals surface area contributed by atoms with Crippen molar-refractivity contribution in [3.63, 3.8) is 0 Å². The van der Waals surface area contributed by atoms with Gasteiger partial charge < -0.3 is 10.1 Å². The number of carbonyl (C=O) groups excluding carboxylic acids is 1. The molecular formula is C16H18F3N3O2. The van der Waals surface area contributed by atoms with Gasteiger partial charge in [-0.25, -0.2) is 0 Å². The highest BCUT2D eigenvalue weighted by atomic mass is 19.4. The predicted molar refractivity (Wildman–Crippen MR) is 83.0 cm³/mol. The maximum Gasteiger partial charge on any atom is 0.573 e. The molecule has 1 amide bonds. The van der Waals surface area contributed by atoms with Gasteiger partial charge in [-0.3, -0.25) is 9.48 Å². The standard InChI is InChI=1S/C16H18F3N3O2/c1-10-8-13(21-22(10)15(2,3)4)14(23)20-11-6-5-7-12(9-11)24-16(17,18)19/h5-9H,1-4H3,(H,20,23). The van der Waals surface area contributed by atoms with E-state index in [4.69, 9.17) is 0 Å². The lowest BCUT2D eigenvalue weighted by Gasteiger charge is -2.21. The molecular weight excluding hydrogens is 323 g/mol. The Morgan fingerprint density at radius 2 is 1.88 bits per heavy atom. The van der Waals surface area contributed by atoms with Crippen LogP contribution in [0.3, 0.4) is 0 Å². The molecule has 2 aromatic rings. The number of aryl methyl sites for hydroxylation is 1. The van der Waals surface area contributed by atoms with Crippen LogP contribution in [-0.4, -0.2) is 22.1 Å². The molecule has 0 unspecified atom stereocenters. The average molecular weight is 341 g/mol. The van der Waals surface area contributed by atoms with Crippen molar-refractivity contribution in [1.82, 2.24) is 9.78 Å². The van der Waals surface area contributed by atoms with Gasteiger partial charge in [0.2, 0.25) is 0 Å². The van der Waals surface area contributed by atoms with Gasteiger partial charge in [0.05, 0.1) is 5.54 Å². The van der Waals surface area contributed by atoms with Gasteiger partial charge in [-0.1, -0.05) is 6.07 Å². The third-order valence-electron chi connectivity index (χ3n) is 3.08. The zero-order valence-corrected chi connectivity index (χ0v) is 13.7. The van der Waals surface area contributed by atoms with Crippen LogP contribution in [0.1, 0.15) is 37.0 Å². The number of halogens is 3. The van der Waals surface area contributed by atoms with Crippen molar-refractivity contribution < 1.29 is 22.7 Å². The van der Waals surface area contributed by atoms with E-state index in [1.165, 1.54) is 12.1 Å². The topological polar surface area (TPSA) is 56.1 Å². The monoisotopic (exact) mass is 341 g/mol. The Morgan fingerprint density at radius 3 is 2.42 bits per heavy atom. The average Bonchev–Trinajstić information content (AvgIpc) is 2.79. The maximum atomic E-state index is 12.3. The minimum Gasteiger partial charge on any atom is -0.406 e. The number of nitrogens with zero attached hydrogens (tertiary/aromatic N) is 2. The summed E-state index contributed by atoms with van der Waals surface area (Å²) < 4.78 is 42.3. The van der Waals surface area contributed by atoms with Crippen LogP contribution in [0.25, 0.3) is 0 Å². The van der Waals surface area contributed by atoms with Crippen molar-refractivity contribution in [2.75, 3.05) is 5.32 Å². The van der Waals surface area contributed by atoms with Gasteiger partial charge in [0.1, 0.15) is 5.75 Å². The normalized spacial score (nSPS) is 12.1. The molecule has 130 valence electrons. The molecule has 0 aliphatic heterocycles. The number of anilines is 1. The molecule has 0 saturated heterocycles. The second kappa shape index (κ2) is 6.18. The van der Waals surface area contributed by atoms with Gasteiger partial charge in [0.15, 0.2) is 5.69 Å². The number of carbonyl (C=O) groups is 1. The highest BCUT2D eigenvalue weighted by molar-refractivity contribution is 6.03. The third kappa shape index (κ3) is 4.50. The summed E-state index contributed by atoms with van der Waals surface area (Å²) in [7, 11) is 0. The minimum absolute atomic E-state index is 0.185. The van der Waals surface area contributed by atoms with Crippen molar-refractivity contribution in [2.45, 2.75) is 39.6 Å². The van der Waals surface area contributed by atoms with Gasteiger partial charge in [0, 0.05) is 17.4 Å². The zero-order chi connectivity index (χ0) is 18.1. The Morgan fingerprint density at radius 1 is 1.21 bits per heavy atom. The Bertz CT molecular complexity index is 746. The van der Waals surface area contributed by atoms with Crippen LogP contribution in [0.2, 0.25) is 0 Å². The number of hydrogen-bond acceptors (Lipinski definition) is 3. The largest absolute Gasteiger partial charge is 0.573 e. The van der Waals surface area contributed by atoms with E-state index in [1.54, 1.807) is 10.7 Å². The van der Waals surface area contributed by atoms with E-state index in [0.717, 1.165) is 17.8 Å². The van der Waals surface area contributed by atoms with E-state index in [-0.39, 0.29) is 16.9 Å². The summed E-state index contributed by atoms with van der Waals surface area (Å²) in [6.07, 6.45) is -4.79. The van der Waals surface area contributed by atoms with Crippen LogP contribution in [0, 0.1) is 6.92 Å². The van der Waals surface area contributed by atoms with Crippen molar-refractivity contribution in [1.29, 1.82) is 0 Å². The molecule has 0 aliphatic rings. The van der Waals surface area contributed by atoms with E-state index >= 15 is 0 Å². The molecule has 1 heterocycles. The lowest BCUT2D eigenvalue weighted by atomic mass is 10.1. The Balaban J connectivity index is 2.17. The minimum atomic E-state index is -4.79. The Kier molecular flexibility index (Phi) is 4.59. The second-order valence-electron chi connectivity index (χ2n) is 6.28. The molecule has 0 saturated carbocycles. The zero-order valence-electron chi connectivity index (χ0n) is 13.7. The summed E-state index contributed by atoms with van der Waals surface area (Å²) >= 11 is 0. The second-order valence-corrected chi connectivity index (χ2v) is 6.28. The molecule has 0 radical (unpaired) electrons. The molecule has 1 aromatic carbocycles. The van der Waals surface area contributed by atoms with Crippen molar-refractivity contribution in [3.05, 3.63) is 41.7 Å². The number of ether oxygens (including phenoxy) is 1. The predicted octanol–water partition coefficient (Wildman–Crippen LogP) is 4.10. The molecule has 0 aliphatic carbocycles. The summed E-state index contributed by atoms with van der Waals surface area (Å²) in [6, 6.07) is 6.70. The van der Waals surface area contributed by atoms with Gasteiger partial charge in [-0.2, -0.15) is 5.10 Å². The van der Waals surface area contributed by atoms with E-state index in [9.17, 15) is 18.0 Å². The van der Waals surface area contributed by atoms with E-state index in [2.05, 4.69) is 15.2 Å². The van der Waals surface area contributed by atoms with Gasteiger partial charge in [-0.05, 0) is 45.9 Å². The first-order valence-corrected chi connectivity index (χ1v) is 7.20. The fourth-order valence-electron chi connectivity index (χ4n) is 2.23. The third-order valence-corrected chi connectivity index (χ3v) is 3.08. The number of hydrogen-bond donors (Lipinski definition) is 1. The first-order chi connectivity index (χ1) is 11.0. The lowest BCUT2D eigenvalue weighted by Crippen LogP contribution is -2.25. The molecule has 24 heavy (non-hydrogen) atoms. The highest BCUT2D eigenvalue weighted by Gasteiger charge is 2.31.